The number of aromatic nitrogens is 1. The number of ether oxygens (including phenoxy) is 2. The number of urea groups is 1. The summed E-state index contributed by atoms with van der Waals surface area (Å²) in [6.07, 6.45) is 1.66. The third kappa shape index (κ3) is 4.16. The number of imide groups is 1. The van der Waals surface area contributed by atoms with E-state index >= 15 is 0 Å². The van der Waals surface area contributed by atoms with Gasteiger partial charge in [0.25, 0.3) is 5.91 Å². The average Bonchev–Trinajstić information content (AvgIpc) is 3.33. The van der Waals surface area contributed by atoms with Crippen molar-refractivity contribution < 1.29 is 23.9 Å². The summed E-state index contributed by atoms with van der Waals surface area (Å²) in [5, 5.41) is 6.38. The summed E-state index contributed by atoms with van der Waals surface area (Å²) < 4.78 is 10.5. The Balaban J connectivity index is 1.40. The predicted molar refractivity (Wildman–Crippen MR) is 114 cm³/mol. The molecular formula is C22H22N4O5. The van der Waals surface area contributed by atoms with E-state index in [1.807, 2.05) is 24.4 Å². The van der Waals surface area contributed by atoms with Crippen LogP contribution in [0.25, 0.3) is 10.9 Å². The molecule has 0 bridgehead atoms. The highest BCUT2D eigenvalue weighted by atomic mass is 16.5. The van der Waals surface area contributed by atoms with Crippen LogP contribution in [-0.4, -0.2) is 48.0 Å². The molecule has 9 nitrogen and oxygen atoms in total. The fourth-order valence-corrected chi connectivity index (χ4v) is 3.55. The summed E-state index contributed by atoms with van der Waals surface area (Å²) in [6.45, 7) is 0.0621. The number of nitrogens with one attached hydrogen (secondary N) is 3. The van der Waals surface area contributed by atoms with Crippen molar-refractivity contribution >= 4 is 34.4 Å². The summed E-state index contributed by atoms with van der Waals surface area (Å²) >= 11 is 0. The fraction of sp³-hybridized carbons (Fsp3) is 0.227. The SMILES string of the molecule is COc1ccc(CN2C(=O)NC(CC(=O)Nc3ccc4cc[nH]c4c3)C2=O)cc1OC. The number of hydrogen-bond acceptors (Lipinski definition) is 5. The van der Waals surface area contributed by atoms with Gasteiger partial charge in [-0.15, -0.1) is 0 Å². The molecule has 0 radical (unpaired) electrons. The number of hydrogen-bond donors (Lipinski definition) is 3. The van der Waals surface area contributed by atoms with Crippen LogP contribution in [0.15, 0.2) is 48.7 Å². The minimum Gasteiger partial charge on any atom is -0.493 e. The first-order valence-electron chi connectivity index (χ1n) is 9.68. The number of methoxy groups -OCH3 is 2. The number of carbonyl (C=O) groups is 3. The van der Waals surface area contributed by atoms with Crippen molar-refractivity contribution in [2.45, 2.75) is 19.0 Å². The molecule has 9 heteroatoms. The number of amides is 4. The van der Waals surface area contributed by atoms with Gasteiger partial charge in [0.2, 0.25) is 5.91 Å². The van der Waals surface area contributed by atoms with Crippen LogP contribution in [0.2, 0.25) is 0 Å². The van der Waals surface area contributed by atoms with Gasteiger partial charge in [-0.1, -0.05) is 12.1 Å². The number of carbonyl (C=O) groups excluding carboxylic acids is 3. The molecule has 2 aromatic carbocycles. The van der Waals surface area contributed by atoms with Crippen molar-refractivity contribution in [3.05, 3.63) is 54.2 Å². The molecule has 1 fully saturated rings. The Labute approximate surface area is 178 Å². The second-order valence-corrected chi connectivity index (χ2v) is 7.15. The molecule has 1 aliphatic heterocycles. The third-order valence-corrected chi connectivity index (χ3v) is 5.12. The number of anilines is 1. The highest BCUT2D eigenvalue weighted by Crippen LogP contribution is 2.28. The summed E-state index contributed by atoms with van der Waals surface area (Å²) in [7, 11) is 3.04. The lowest BCUT2D eigenvalue weighted by atomic mass is 10.1. The van der Waals surface area contributed by atoms with E-state index in [2.05, 4.69) is 15.6 Å². The molecule has 1 atom stereocenters. The number of fused-ring (bicyclic) bond motifs is 1. The number of nitrogens with zero attached hydrogens (tertiary/aromatic N) is 1. The lowest BCUT2D eigenvalue weighted by Gasteiger charge is -2.15. The van der Waals surface area contributed by atoms with Crippen LogP contribution < -0.4 is 20.1 Å². The third-order valence-electron chi connectivity index (χ3n) is 5.12. The molecule has 4 amide bonds. The molecule has 0 saturated carbocycles. The molecule has 1 aromatic heterocycles. The van der Waals surface area contributed by atoms with Crippen molar-refractivity contribution in [1.82, 2.24) is 15.2 Å². The molecule has 31 heavy (non-hydrogen) atoms. The first-order valence-corrected chi connectivity index (χ1v) is 9.68. The summed E-state index contributed by atoms with van der Waals surface area (Å²) in [6, 6.07) is 11.1. The first kappa shape index (κ1) is 20.3. The summed E-state index contributed by atoms with van der Waals surface area (Å²) in [5.74, 6) is 0.241. The van der Waals surface area contributed by atoms with Crippen molar-refractivity contribution in [3.63, 3.8) is 0 Å². The maximum absolute atomic E-state index is 12.7. The predicted octanol–water partition coefficient (Wildman–Crippen LogP) is 2.63. The maximum Gasteiger partial charge on any atom is 0.325 e. The number of H-pyrrole nitrogens is 1. The van der Waals surface area contributed by atoms with Gasteiger partial charge in [-0.3, -0.25) is 14.5 Å². The monoisotopic (exact) mass is 422 g/mol. The number of rotatable bonds is 7. The number of benzene rings is 2. The van der Waals surface area contributed by atoms with Gasteiger partial charge in [-0.05, 0) is 41.3 Å². The normalized spacial score (nSPS) is 15.8. The molecule has 3 N–H and O–H groups in total. The van der Waals surface area contributed by atoms with Gasteiger partial charge in [0.05, 0.1) is 27.2 Å². The van der Waals surface area contributed by atoms with Crippen molar-refractivity contribution in [3.8, 4) is 11.5 Å². The van der Waals surface area contributed by atoms with E-state index in [0.717, 1.165) is 15.8 Å². The molecule has 1 aliphatic rings. The maximum atomic E-state index is 12.7. The largest absolute Gasteiger partial charge is 0.493 e. The topological polar surface area (TPSA) is 113 Å². The van der Waals surface area contributed by atoms with Crippen LogP contribution in [0.4, 0.5) is 10.5 Å². The highest BCUT2D eigenvalue weighted by Gasteiger charge is 2.39. The van der Waals surface area contributed by atoms with Crippen LogP contribution in [0.1, 0.15) is 12.0 Å². The fourth-order valence-electron chi connectivity index (χ4n) is 3.55. The second-order valence-electron chi connectivity index (χ2n) is 7.15. The van der Waals surface area contributed by atoms with E-state index in [4.69, 9.17) is 9.47 Å². The van der Waals surface area contributed by atoms with Crippen molar-refractivity contribution in [2.24, 2.45) is 0 Å². The van der Waals surface area contributed by atoms with Crippen LogP contribution in [0, 0.1) is 0 Å². The zero-order valence-electron chi connectivity index (χ0n) is 17.1. The van der Waals surface area contributed by atoms with Gasteiger partial charge in [0.1, 0.15) is 6.04 Å². The van der Waals surface area contributed by atoms with E-state index in [1.54, 1.807) is 24.3 Å². The van der Waals surface area contributed by atoms with Crippen molar-refractivity contribution in [1.29, 1.82) is 0 Å². The van der Waals surface area contributed by atoms with Gasteiger partial charge in [-0.25, -0.2) is 4.79 Å². The quantitative estimate of drug-likeness (QED) is 0.507. The Morgan fingerprint density at radius 3 is 2.65 bits per heavy atom. The van der Waals surface area contributed by atoms with Gasteiger partial charge >= 0.3 is 6.03 Å². The number of aromatic amines is 1. The average molecular weight is 422 g/mol. The minimum absolute atomic E-state index is 0.0621. The summed E-state index contributed by atoms with van der Waals surface area (Å²) in [4.78, 5) is 41.7. The molecule has 160 valence electrons. The van der Waals surface area contributed by atoms with Gasteiger partial charge < -0.3 is 25.1 Å². The van der Waals surface area contributed by atoms with E-state index in [9.17, 15) is 14.4 Å². The molecule has 1 unspecified atom stereocenters. The Bertz CT molecular complexity index is 1160. The smallest absolute Gasteiger partial charge is 0.325 e. The van der Waals surface area contributed by atoms with Gasteiger partial charge in [0.15, 0.2) is 11.5 Å². The molecule has 2 heterocycles. The minimum atomic E-state index is -0.915. The molecule has 0 spiro atoms. The van der Waals surface area contributed by atoms with Crippen LogP contribution in [-0.2, 0) is 16.1 Å². The Hall–Kier alpha value is -4.01. The lowest BCUT2D eigenvalue weighted by Crippen LogP contribution is -2.34. The van der Waals surface area contributed by atoms with Gasteiger partial charge in [0, 0.05) is 17.4 Å². The molecular weight excluding hydrogens is 400 g/mol. The zero-order valence-corrected chi connectivity index (χ0v) is 17.1. The van der Waals surface area contributed by atoms with E-state index in [0.29, 0.717) is 22.7 Å². The Morgan fingerprint density at radius 1 is 1.06 bits per heavy atom. The first-order chi connectivity index (χ1) is 15.0. The van der Waals surface area contributed by atoms with Gasteiger partial charge in [-0.2, -0.15) is 0 Å². The van der Waals surface area contributed by atoms with Crippen LogP contribution >= 0.6 is 0 Å². The molecule has 3 aromatic rings. The Morgan fingerprint density at radius 2 is 1.87 bits per heavy atom. The van der Waals surface area contributed by atoms with E-state index in [-0.39, 0.29) is 18.9 Å². The van der Waals surface area contributed by atoms with Crippen molar-refractivity contribution in [2.75, 3.05) is 19.5 Å². The second kappa shape index (κ2) is 8.39. The molecule has 0 aliphatic carbocycles. The Kier molecular flexibility index (Phi) is 5.48. The molecule has 1 saturated heterocycles. The standard InChI is InChI=1S/C22H22N4O5/c1-30-18-6-3-13(9-19(18)31-2)12-26-21(28)17(25-22(26)29)11-20(27)24-15-5-4-14-7-8-23-16(14)10-15/h3-10,17,23H,11-12H2,1-2H3,(H,24,27)(H,25,29). The van der Waals surface area contributed by atoms with E-state index < -0.39 is 18.0 Å². The van der Waals surface area contributed by atoms with E-state index in [1.165, 1.54) is 14.2 Å². The van der Waals surface area contributed by atoms with Crippen LogP contribution in [0.5, 0.6) is 11.5 Å². The van der Waals surface area contributed by atoms with Crippen LogP contribution in [0.3, 0.4) is 0 Å². The zero-order chi connectivity index (χ0) is 22.0. The lowest BCUT2D eigenvalue weighted by molar-refractivity contribution is -0.130. The molecule has 4 rings (SSSR count). The highest BCUT2D eigenvalue weighted by molar-refractivity contribution is 6.07. The summed E-state index contributed by atoms with van der Waals surface area (Å²) in [5.41, 5.74) is 2.20.